The first kappa shape index (κ1) is 21.1. The number of carbonyl (C=O) groups excluding carboxylic acids is 2. The maximum atomic E-state index is 12.4. The van der Waals surface area contributed by atoms with Gasteiger partial charge in [0.05, 0.1) is 5.69 Å². The molecule has 30 heavy (non-hydrogen) atoms. The van der Waals surface area contributed by atoms with Crippen LogP contribution in [0.15, 0.2) is 60.7 Å². The lowest BCUT2D eigenvalue weighted by Gasteiger charge is -2.20. The van der Waals surface area contributed by atoms with Crippen LogP contribution in [0.2, 0.25) is 0 Å². The Hall–Kier alpha value is -3.61. The fourth-order valence-electron chi connectivity index (χ4n) is 3.10. The summed E-state index contributed by atoms with van der Waals surface area (Å²) in [6, 6.07) is 18.3. The molecule has 0 spiro atoms. The lowest BCUT2D eigenvalue weighted by molar-refractivity contribution is 0.102. The molecule has 7 heteroatoms. The van der Waals surface area contributed by atoms with Crippen molar-refractivity contribution in [2.75, 3.05) is 23.7 Å². The van der Waals surface area contributed by atoms with Gasteiger partial charge in [-0.25, -0.2) is 4.79 Å². The van der Waals surface area contributed by atoms with E-state index in [1.807, 2.05) is 62.4 Å². The van der Waals surface area contributed by atoms with Gasteiger partial charge in [-0.3, -0.25) is 9.48 Å². The monoisotopic (exact) mass is 405 g/mol. The number of rotatable bonds is 7. The number of anilines is 2. The van der Waals surface area contributed by atoms with E-state index in [0.717, 1.165) is 29.9 Å². The molecule has 0 aliphatic rings. The molecule has 2 aromatic carbocycles. The Morgan fingerprint density at radius 2 is 1.70 bits per heavy atom. The summed E-state index contributed by atoms with van der Waals surface area (Å²) < 4.78 is 1.63. The number of hydrogen-bond donors (Lipinski definition) is 2. The van der Waals surface area contributed by atoms with Crippen LogP contribution in [0.4, 0.5) is 16.3 Å². The van der Waals surface area contributed by atoms with Crippen LogP contribution in [-0.2, 0) is 7.05 Å². The predicted molar refractivity (Wildman–Crippen MR) is 120 cm³/mol. The molecular weight excluding hydrogens is 378 g/mol. The maximum Gasteiger partial charge on any atom is 0.321 e. The molecule has 3 aromatic rings. The molecule has 3 rings (SSSR count). The molecule has 0 saturated heterocycles. The molecule has 0 bridgehead atoms. The summed E-state index contributed by atoms with van der Waals surface area (Å²) >= 11 is 0. The lowest BCUT2D eigenvalue weighted by Crippen LogP contribution is -2.35. The molecule has 1 heterocycles. The van der Waals surface area contributed by atoms with Gasteiger partial charge in [0, 0.05) is 43.0 Å². The molecule has 0 aliphatic heterocycles. The highest BCUT2D eigenvalue weighted by Crippen LogP contribution is 2.23. The van der Waals surface area contributed by atoms with Gasteiger partial charge >= 0.3 is 6.03 Å². The Morgan fingerprint density at radius 3 is 2.33 bits per heavy atom. The third-order valence-corrected chi connectivity index (χ3v) is 4.75. The Kier molecular flexibility index (Phi) is 6.85. The van der Waals surface area contributed by atoms with Gasteiger partial charge in [0.25, 0.3) is 5.91 Å². The lowest BCUT2D eigenvalue weighted by atomic mass is 10.1. The molecule has 1 aromatic heterocycles. The van der Waals surface area contributed by atoms with E-state index in [1.165, 1.54) is 0 Å². The third-order valence-electron chi connectivity index (χ3n) is 4.75. The third kappa shape index (κ3) is 5.05. The van der Waals surface area contributed by atoms with Crippen molar-refractivity contribution in [3.05, 3.63) is 66.2 Å². The largest absolute Gasteiger partial charge is 0.325 e. The van der Waals surface area contributed by atoms with E-state index in [0.29, 0.717) is 17.9 Å². The summed E-state index contributed by atoms with van der Waals surface area (Å²) in [6.45, 7) is 5.41. The van der Waals surface area contributed by atoms with Gasteiger partial charge in [-0.05, 0) is 37.6 Å². The zero-order valence-electron chi connectivity index (χ0n) is 17.6. The first-order valence-corrected chi connectivity index (χ1v) is 10.1. The molecule has 0 radical (unpaired) electrons. The predicted octanol–water partition coefficient (Wildman–Crippen LogP) is 4.60. The van der Waals surface area contributed by atoms with Crippen molar-refractivity contribution in [3.8, 4) is 11.3 Å². The SMILES string of the molecule is CCCN(CC)C(=O)Nc1ccc(-c2cc(NC(=O)c3ccccc3)n(C)n2)cc1. The minimum atomic E-state index is -0.184. The summed E-state index contributed by atoms with van der Waals surface area (Å²) in [7, 11) is 1.78. The maximum absolute atomic E-state index is 12.4. The number of carbonyl (C=O) groups is 2. The first-order valence-electron chi connectivity index (χ1n) is 10.1. The zero-order chi connectivity index (χ0) is 21.5. The second-order valence-corrected chi connectivity index (χ2v) is 6.95. The van der Waals surface area contributed by atoms with Gasteiger partial charge in [-0.1, -0.05) is 37.3 Å². The summed E-state index contributed by atoms with van der Waals surface area (Å²) in [4.78, 5) is 26.5. The molecule has 2 N–H and O–H groups in total. The van der Waals surface area contributed by atoms with Gasteiger partial charge in [0.2, 0.25) is 0 Å². The summed E-state index contributed by atoms with van der Waals surface area (Å²) in [6.07, 6.45) is 0.920. The zero-order valence-corrected chi connectivity index (χ0v) is 17.6. The highest BCUT2D eigenvalue weighted by Gasteiger charge is 2.13. The average Bonchev–Trinajstić information content (AvgIpc) is 3.13. The molecule has 3 amide bonds. The molecule has 7 nitrogen and oxygen atoms in total. The van der Waals surface area contributed by atoms with Gasteiger partial charge in [0.1, 0.15) is 5.82 Å². The summed E-state index contributed by atoms with van der Waals surface area (Å²) in [5, 5.41) is 10.3. The van der Waals surface area contributed by atoms with Crippen LogP contribution < -0.4 is 10.6 Å². The standard InChI is InChI=1S/C23H27N5O2/c1-4-15-28(5-2)23(30)24-19-13-11-17(12-14-19)20-16-21(27(3)26-20)25-22(29)18-9-7-6-8-10-18/h6-14,16H,4-5,15H2,1-3H3,(H,24,30)(H,25,29). The van der Waals surface area contributed by atoms with E-state index in [9.17, 15) is 9.59 Å². The fourth-order valence-corrected chi connectivity index (χ4v) is 3.10. The van der Waals surface area contributed by atoms with Crippen LogP contribution in [0, 0.1) is 0 Å². The second-order valence-electron chi connectivity index (χ2n) is 6.95. The highest BCUT2D eigenvalue weighted by molar-refractivity contribution is 6.04. The van der Waals surface area contributed by atoms with Crippen LogP contribution in [-0.4, -0.2) is 39.7 Å². The molecule has 156 valence electrons. The fraction of sp³-hybridized carbons (Fsp3) is 0.261. The second kappa shape index (κ2) is 9.73. The van der Waals surface area contributed by atoms with Gasteiger partial charge in [-0.15, -0.1) is 0 Å². The average molecular weight is 406 g/mol. The van der Waals surface area contributed by atoms with Gasteiger partial charge in [0.15, 0.2) is 0 Å². The Morgan fingerprint density at radius 1 is 1.00 bits per heavy atom. The minimum Gasteiger partial charge on any atom is -0.325 e. The Balaban J connectivity index is 1.69. The van der Waals surface area contributed by atoms with Crippen LogP contribution >= 0.6 is 0 Å². The van der Waals surface area contributed by atoms with Crippen molar-refractivity contribution in [3.63, 3.8) is 0 Å². The van der Waals surface area contributed by atoms with Crippen LogP contribution in [0.25, 0.3) is 11.3 Å². The smallest absolute Gasteiger partial charge is 0.321 e. The van der Waals surface area contributed by atoms with E-state index < -0.39 is 0 Å². The number of aryl methyl sites for hydroxylation is 1. The van der Waals surface area contributed by atoms with Crippen molar-refractivity contribution >= 4 is 23.4 Å². The minimum absolute atomic E-state index is 0.101. The number of benzene rings is 2. The topological polar surface area (TPSA) is 79.3 Å². The number of nitrogens with one attached hydrogen (secondary N) is 2. The van der Waals surface area contributed by atoms with E-state index in [2.05, 4.69) is 15.7 Å². The molecule has 0 atom stereocenters. The van der Waals surface area contributed by atoms with Crippen molar-refractivity contribution in [1.82, 2.24) is 14.7 Å². The molecular formula is C23H27N5O2. The normalized spacial score (nSPS) is 10.5. The van der Waals surface area contributed by atoms with Crippen molar-refractivity contribution in [2.45, 2.75) is 20.3 Å². The Labute approximate surface area is 176 Å². The van der Waals surface area contributed by atoms with Crippen LogP contribution in [0.1, 0.15) is 30.6 Å². The number of amides is 3. The van der Waals surface area contributed by atoms with Crippen molar-refractivity contribution in [1.29, 1.82) is 0 Å². The summed E-state index contributed by atoms with van der Waals surface area (Å²) in [5.41, 5.74) is 2.95. The van der Waals surface area contributed by atoms with E-state index >= 15 is 0 Å². The molecule has 0 fully saturated rings. The van der Waals surface area contributed by atoms with Gasteiger partial charge in [-0.2, -0.15) is 5.10 Å². The first-order chi connectivity index (χ1) is 14.5. The van der Waals surface area contributed by atoms with Crippen LogP contribution in [0.5, 0.6) is 0 Å². The highest BCUT2D eigenvalue weighted by atomic mass is 16.2. The number of hydrogen-bond acceptors (Lipinski definition) is 3. The van der Waals surface area contributed by atoms with E-state index in [1.54, 1.807) is 28.8 Å². The van der Waals surface area contributed by atoms with E-state index in [-0.39, 0.29) is 11.9 Å². The van der Waals surface area contributed by atoms with Gasteiger partial charge < -0.3 is 15.5 Å². The van der Waals surface area contributed by atoms with Crippen LogP contribution in [0.3, 0.4) is 0 Å². The number of urea groups is 1. The summed E-state index contributed by atoms with van der Waals surface area (Å²) in [5.74, 6) is 0.421. The molecule has 0 unspecified atom stereocenters. The number of nitrogens with zero attached hydrogens (tertiary/aromatic N) is 3. The van der Waals surface area contributed by atoms with Crippen molar-refractivity contribution in [2.24, 2.45) is 7.05 Å². The van der Waals surface area contributed by atoms with E-state index in [4.69, 9.17) is 0 Å². The quantitative estimate of drug-likeness (QED) is 0.603. The van der Waals surface area contributed by atoms with Crippen molar-refractivity contribution < 1.29 is 9.59 Å². The molecule has 0 aliphatic carbocycles. The molecule has 0 saturated carbocycles. The Bertz CT molecular complexity index is 996. The number of aromatic nitrogens is 2.